The molecule has 1 aliphatic carbocycles. The molecule has 152 valence electrons. The van der Waals surface area contributed by atoms with Crippen molar-refractivity contribution >= 4 is 10.0 Å². The molecule has 8 nitrogen and oxygen atoms in total. The third kappa shape index (κ3) is 4.60. The first-order valence-electron chi connectivity index (χ1n) is 9.24. The molecule has 0 saturated heterocycles. The molecule has 10 heteroatoms. The van der Waals surface area contributed by atoms with Crippen molar-refractivity contribution in [3.8, 4) is 11.4 Å². The Morgan fingerprint density at radius 2 is 2.03 bits per heavy atom. The first kappa shape index (κ1) is 19.5. The van der Waals surface area contributed by atoms with E-state index in [4.69, 9.17) is 0 Å². The lowest BCUT2D eigenvalue weighted by atomic mass is 10.2. The number of nitrogens with one attached hydrogen (secondary N) is 1. The van der Waals surface area contributed by atoms with Gasteiger partial charge in [0, 0.05) is 30.5 Å². The van der Waals surface area contributed by atoms with Crippen LogP contribution in [0.2, 0.25) is 0 Å². The Morgan fingerprint density at radius 1 is 1.21 bits per heavy atom. The Morgan fingerprint density at radius 3 is 2.72 bits per heavy atom. The molecule has 1 saturated carbocycles. The molecule has 2 heterocycles. The molecule has 0 unspecified atom stereocenters. The molecule has 0 radical (unpaired) electrons. The molecule has 4 rings (SSSR count). The minimum absolute atomic E-state index is 0.00567. The van der Waals surface area contributed by atoms with Gasteiger partial charge in [-0.1, -0.05) is 12.1 Å². The normalized spacial score (nSPS) is 14.2. The summed E-state index contributed by atoms with van der Waals surface area (Å²) in [6.45, 7) is 0.0971. The van der Waals surface area contributed by atoms with Gasteiger partial charge >= 0.3 is 5.69 Å². The largest absolute Gasteiger partial charge is 0.346 e. The van der Waals surface area contributed by atoms with Crippen LogP contribution in [0.25, 0.3) is 11.4 Å². The second-order valence-corrected chi connectivity index (χ2v) is 8.76. The zero-order valence-corrected chi connectivity index (χ0v) is 16.3. The molecule has 0 aliphatic heterocycles. The SMILES string of the molecule is O=c1n(CCNS(=O)(=O)Cc2cccc(F)c2)nc(-c2cccnc2)n1C1CC1. The van der Waals surface area contributed by atoms with Gasteiger partial charge < -0.3 is 0 Å². The fraction of sp³-hybridized carbons (Fsp3) is 0.316. The number of sulfonamides is 1. The average Bonchev–Trinajstić information content (AvgIpc) is 3.46. The Balaban J connectivity index is 1.47. The fourth-order valence-electron chi connectivity index (χ4n) is 3.12. The lowest BCUT2D eigenvalue weighted by molar-refractivity contribution is 0.546. The highest BCUT2D eigenvalue weighted by Crippen LogP contribution is 2.36. The number of hydrogen-bond acceptors (Lipinski definition) is 5. The Kier molecular flexibility index (Phi) is 5.29. The van der Waals surface area contributed by atoms with E-state index < -0.39 is 15.8 Å². The zero-order chi connectivity index (χ0) is 20.4. The van der Waals surface area contributed by atoms with Gasteiger partial charge in [0.15, 0.2) is 5.82 Å². The van der Waals surface area contributed by atoms with Crippen LogP contribution in [-0.4, -0.2) is 34.3 Å². The van der Waals surface area contributed by atoms with Crippen LogP contribution in [0.3, 0.4) is 0 Å². The van der Waals surface area contributed by atoms with Gasteiger partial charge in [-0.25, -0.2) is 27.0 Å². The van der Waals surface area contributed by atoms with Crippen molar-refractivity contribution in [1.82, 2.24) is 24.1 Å². The maximum atomic E-state index is 13.2. The molecule has 0 amide bonds. The molecule has 2 aromatic heterocycles. The van der Waals surface area contributed by atoms with E-state index in [0.717, 1.165) is 18.4 Å². The second kappa shape index (κ2) is 7.88. The number of pyridine rings is 1. The lowest BCUT2D eigenvalue weighted by Crippen LogP contribution is -2.32. The van der Waals surface area contributed by atoms with Crippen LogP contribution >= 0.6 is 0 Å². The first-order valence-corrected chi connectivity index (χ1v) is 10.9. The predicted octanol–water partition coefficient (Wildman–Crippen LogP) is 1.70. The zero-order valence-electron chi connectivity index (χ0n) is 15.5. The monoisotopic (exact) mass is 417 g/mol. The van der Waals surface area contributed by atoms with Crippen molar-refractivity contribution in [2.45, 2.75) is 31.2 Å². The van der Waals surface area contributed by atoms with Gasteiger partial charge in [-0.2, -0.15) is 0 Å². The van der Waals surface area contributed by atoms with E-state index in [0.29, 0.717) is 11.4 Å². The molecule has 3 aromatic rings. The topological polar surface area (TPSA) is 98.9 Å². The van der Waals surface area contributed by atoms with Gasteiger partial charge in [0.05, 0.1) is 12.3 Å². The molecule has 1 aliphatic rings. The summed E-state index contributed by atoms with van der Waals surface area (Å²) in [5.41, 5.74) is 0.823. The summed E-state index contributed by atoms with van der Waals surface area (Å²) < 4.78 is 43.1. The van der Waals surface area contributed by atoms with Gasteiger partial charge in [-0.3, -0.25) is 9.55 Å². The quantitative estimate of drug-likeness (QED) is 0.602. The lowest BCUT2D eigenvalue weighted by Gasteiger charge is -2.06. The van der Waals surface area contributed by atoms with Crippen LogP contribution in [0.1, 0.15) is 24.4 Å². The summed E-state index contributed by atoms with van der Waals surface area (Å²) in [6, 6.07) is 9.18. The summed E-state index contributed by atoms with van der Waals surface area (Å²) in [4.78, 5) is 16.8. The average molecular weight is 417 g/mol. The first-order chi connectivity index (χ1) is 13.9. The molecular weight excluding hydrogens is 397 g/mol. The fourth-order valence-corrected chi connectivity index (χ4v) is 4.25. The van der Waals surface area contributed by atoms with Crippen molar-refractivity contribution in [2.24, 2.45) is 0 Å². The smallest absolute Gasteiger partial charge is 0.272 e. The summed E-state index contributed by atoms with van der Waals surface area (Å²) in [7, 11) is -3.67. The summed E-state index contributed by atoms with van der Waals surface area (Å²) in [6.07, 6.45) is 5.12. The van der Waals surface area contributed by atoms with Crippen LogP contribution < -0.4 is 10.4 Å². The van der Waals surface area contributed by atoms with E-state index >= 15 is 0 Å². The molecule has 0 atom stereocenters. The number of rotatable bonds is 8. The molecular formula is C19H20FN5O3S. The molecule has 0 spiro atoms. The third-order valence-electron chi connectivity index (χ3n) is 4.59. The highest BCUT2D eigenvalue weighted by atomic mass is 32.2. The van der Waals surface area contributed by atoms with Crippen LogP contribution in [0.4, 0.5) is 4.39 Å². The van der Waals surface area contributed by atoms with Crippen LogP contribution in [0.5, 0.6) is 0 Å². The van der Waals surface area contributed by atoms with E-state index in [2.05, 4.69) is 14.8 Å². The van der Waals surface area contributed by atoms with Crippen molar-refractivity contribution in [1.29, 1.82) is 0 Å². The standard InChI is InChI=1S/C19H20FN5O3S/c20-16-5-1-3-14(11-16)13-29(27,28)22-9-10-24-19(26)25(17-6-7-17)18(23-24)15-4-2-8-21-12-15/h1-5,8,11-12,17,22H,6-7,9-10,13H2. The number of aromatic nitrogens is 4. The van der Waals surface area contributed by atoms with Gasteiger partial charge in [-0.15, -0.1) is 5.10 Å². The van der Waals surface area contributed by atoms with Gasteiger partial charge in [0.1, 0.15) is 5.82 Å². The highest BCUT2D eigenvalue weighted by molar-refractivity contribution is 7.88. The highest BCUT2D eigenvalue weighted by Gasteiger charge is 2.30. The van der Waals surface area contributed by atoms with Crippen LogP contribution in [0, 0.1) is 5.82 Å². The summed E-state index contributed by atoms with van der Waals surface area (Å²) in [5.74, 6) is -0.289. The Labute approximate surface area is 167 Å². The molecule has 1 fully saturated rings. The number of benzene rings is 1. The summed E-state index contributed by atoms with van der Waals surface area (Å²) >= 11 is 0. The van der Waals surface area contributed by atoms with E-state index in [1.54, 1.807) is 29.1 Å². The van der Waals surface area contributed by atoms with E-state index in [-0.39, 0.29) is 30.6 Å². The van der Waals surface area contributed by atoms with Gasteiger partial charge in [0.2, 0.25) is 10.0 Å². The minimum Gasteiger partial charge on any atom is -0.272 e. The van der Waals surface area contributed by atoms with Crippen molar-refractivity contribution in [3.05, 3.63) is 70.7 Å². The molecule has 1 aromatic carbocycles. The Hall–Kier alpha value is -2.85. The molecule has 1 N–H and O–H groups in total. The summed E-state index contributed by atoms with van der Waals surface area (Å²) in [5, 5.41) is 4.40. The number of halogens is 1. The predicted molar refractivity (Wildman–Crippen MR) is 105 cm³/mol. The second-order valence-electron chi connectivity index (χ2n) is 6.96. The van der Waals surface area contributed by atoms with Crippen LogP contribution in [-0.2, 0) is 22.3 Å². The van der Waals surface area contributed by atoms with Crippen molar-refractivity contribution in [3.63, 3.8) is 0 Å². The number of hydrogen-bond donors (Lipinski definition) is 1. The maximum Gasteiger partial charge on any atom is 0.346 e. The minimum atomic E-state index is -3.67. The van der Waals surface area contributed by atoms with Crippen LogP contribution in [0.15, 0.2) is 53.6 Å². The molecule has 0 bridgehead atoms. The van der Waals surface area contributed by atoms with E-state index in [9.17, 15) is 17.6 Å². The van der Waals surface area contributed by atoms with E-state index in [1.165, 1.54) is 22.9 Å². The maximum absolute atomic E-state index is 13.2. The van der Waals surface area contributed by atoms with E-state index in [1.807, 2.05) is 6.07 Å². The van der Waals surface area contributed by atoms with Gasteiger partial charge in [-0.05, 0) is 42.7 Å². The Bertz CT molecular complexity index is 1170. The van der Waals surface area contributed by atoms with Crippen molar-refractivity contribution in [2.75, 3.05) is 6.54 Å². The number of nitrogens with zero attached hydrogens (tertiary/aromatic N) is 4. The molecule has 29 heavy (non-hydrogen) atoms. The third-order valence-corrected chi connectivity index (χ3v) is 5.95. The van der Waals surface area contributed by atoms with Crippen molar-refractivity contribution < 1.29 is 12.8 Å². The van der Waals surface area contributed by atoms with Gasteiger partial charge in [0.25, 0.3) is 0 Å².